The molecule has 0 heterocycles. The lowest BCUT2D eigenvalue weighted by atomic mass is 10.1. The topological polar surface area (TPSA) is 110 Å². The maximum atomic E-state index is 11.7. The van der Waals surface area contributed by atoms with Crippen molar-refractivity contribution in [3.63, 3.8) is 0 Å². The van der Waals surface area contributed by atoms with Crippen molar-refractivity contribution in [1.29, 1.82) is 0 Å². The monoisotopic (exact) mass is 308 g/mol. The van der Waals surface area contributed by atoms with Crippen LogP contribution in [-0.4, -0.2) is 34.2 Å². The fourth-order valence-electron chi connectivity index (χ4n) is 1.51. The molecule has 1 unspecified atom stereocenters. The van der Waals surface area contributed by atoms with Gasteiger partial charge in [0.05, 0.1) is 17.2 Å². The van der Waals surface area contributed by atoms with E-state index in [1.807, 2.05) is 0 Å². The van der Waals surface area contributed by atoms with Crippen LogP contribution in [0.3, 0.4) is 0 Å². The van der Waals surface area contributed by atoms with E-state index in [9.17, 15) is 14.4 Å². The Bertz CT molecular complexity index is 589. The van der Waals surface area contributed by atoms with Crippen molar-refractivity contribution in [3.05, 3.63) is 47.5 Å². The molecule has 0 radical (unpaired) electrons. The number of carbonyl (C=O) groups is 3. The maximum absolute atomic E-state index is 11.7. The highest BCUT2D eigenvalue weighted by molar-refractivity contribution is 6.02. The van der Waals surface area contributed by atoms with Crippen molar-refractivity contribution in [1.82, 2.24) is 0 Å². The number of aliphatic hydroxyl groups is 1. The molecule has 0 aromatic heterocycles. The van der Waals surface area contributed by atoms with E-state index in [-0.39, 0.29) is 23.1 Å². The minimum absolute atomic E-state index is 0.0280. The molecule has 0 bridgehead atoms. The van der Waals surface area contributed by atoms with Gasteiger partial charge in [-0.1, -0.05) is 18.7 Å². The number of rotatable bonds is 6. The zero-order chi connectivity index (χ0) is 16.7. The summed E-state index contributed by atoms with van der Waals surface area (Å²) >= 11 is 0. The number of aliphatic hydroxyl groups excluding tert-OH is 1. The summed E-state index contributed by atoms with van der Waals surface area (Å²) in [6.07, 6.45) is -0.113. The summed E-state index contributed by atoms with van der Waals surface area (Å²) in [5, 5.41) is 18.0. The second-order valence-electron chi connectivity index (χ2n) is 4.58. The minimum Gasteiger partial charge on any atom is -0.478 e. The summed E-state index contributed by atoms with van der Waals surface area (Å²) in [4.78, 5) is 42.9. The Morgan fingerprint density at radius 1 is 1.18 bits per heavy atom. The lowest BCUT2D eigenvalue weighted by Gasteiger charge is -2.07. The van der Waals surface area contributed by atoms with Gasteiger partial charge in [0, 0.05) is 5.57 Å². The number of carbonyl (C=O) groups excluding carboxylic acids is 2. The van der Waals surface area contributed by atoms with Gasteiger partial charge in [0.2, 0.25) is 0 Å². The van der Waals surface area contributed by atoms with Crippen molar-refractivity contribution < 1.29 is 34.4 Å². The highest BCUT2D eigenvalue weighted by Crippen LogP contribution is 2.12. The van der Waals surface area contributed by atoms with Crippen LogP contribution in [-0.2, 0) is 14.6 Å². The number of benzene rings is 1. The van der Waals surface area contributed by atoms with Crippen molar-refractivity contribution in [2.24, 2.45) is 0 Å². The smallest absolute Gasteiger partial charge is 0.387 e. The van der Waals surface area contributed by atoms with Crippen molar-refractivity contribution >= 4 is 17.9 Å². The minimum atomic E-state index is -1.31. The van der Waals surface area contributed by atoms with Crippen LogP contribution in [0.2, 0.25) is 0 Å². The van der Waals surface area contributed by atoms with Gasteiger partial charge in [-0.25, -0.2) is 24.2 Å². The molecule has 1 aromatic rings. The summed E-state index contributed by atoms with van der Waals surface area (Å²) in [6, 6.07) is 5.36. The highest BCUT2D eigenvalue weighted by atomic mass is 17.2. The van der Waals surface area contributed by atoms with Gasteiger partial charge in [-0.05, 0) is 31.9 Å². The normalized spacial score (nSPS) is 11.4. The molecule has 0 aliphatic rings. The van der Waals surface area contributed by atoms with Crippen LogP contribution < -0.4 is 0 Å². The summed E-state index contributed by atoms with van der Waals surface area (Å²) in [5.41, 5.74) is -0.478. The van der Waals surface area contributed by atoms with Crippen LogP contribution >= 0.6 is 0 Å². The lowest BCUT2D eigenvalue weighted by molar-refractivity contribution is -0.229. The molecule has 1 atom stereocenters. The second kappa shape index (κ2) is 7.94. The summed E-state index contributed by atoms with van der Waals surface area (Å²) < 4.78 is 0. The molecule has 0 fully saturated rings. The number of carboxylic acid groups (broad SMARTS) is 1. The number of carboxylic acids is 1. The van der Waals surface area contributed by atoms with Gasteiger partial charge in [-0.2, -0.15) is 0 Å². The van der Waals surface area contributed by atoms with Crippen LogP contribution in [0.25, 0.3) is 0 Å². The molecule has 22 heavy (non-hydrogen) atoms. The first-order valence-electron chi connectivity index (χ1n) is 6.44. The van der Waals surface area contributed by atoms with Crippen molar-refractivity contribution in [2.45, 2.75) is 25.9 Å². The van der Waals surface area contributed by atoms with E-state index in [0.717, 1.165) is 0 Å². The lowest BCUT2D eigenvalue weighted by Crippen LogP contribution is -2.16. The maximum Gasteiger partial charge on any atom is 0.387 e. The van der Waals surface area contributed by atoms with Gasteiger partial charge in [-0.15, -0.1) is 0 Å². The Morgan fingerprint density at radius 3 is 2.32 bits per heavy atom. The van der Waals surface area contributed by atoms with Crippen LogP contribution in [0.1, 0.15) is 40.5 Å². The SMILES string of the molecule is C=C(CCC(C)O)C(=O)OOC(=O)c1ccccc1C(=O)O. The van der Waals surface area contributed by atoms with E-state index in [1.54, 1.807) is 6.92 Å². The van der Waals surface area contributed by atoms with Gasteiger partial charge >= 0.3 is 17.9 Å². The predicted octanol–water partition coefficient (Wildman–Crippen LogP) is 1.72. The van der Waals surface area contributed by atoms with Crippen LogP contribution in [0.5, 0.6) is 0 Å². The first-order chi connectivity index (χ1) is 10.3. The first-order valence-corrected chi connectivity index (χ1v) is 6.44. The summed E-state index contributed by atoms with van der Waals surface area (Å²) in [5.74, 6) is -3.36. The quantitative estimate of drug-likeness (QED) is 0.467. The van der Waals surface area contributed by atoms with E-state index in [0.29, 0.717) is 6.42 Å². The molecular weight excluding hydrogens is 292 g/mol. The first kappa shape index (κ1) is 17.4. The zero-order valence-corrected chi connectivity index (χ0v) is 11.9. The average molecular weight is 308 g/mol. The number of hydrogen-bond donors (Lipinski definition) is 2. The molecule has 7 heteroatoms. The van der Waals surface area contributed by atoms with E-state index >= 15 is 0 Å². The fraction of sp³-hybridized carbons (Fsp3) is 0.267. The molecule has 0 aliphatic heterocycles. The zero-order valence-electron chi connectivity index (χ0n) is 11.9. The van der Waals surface area contributed by atoms with E-state index in [1.165, 1.54) is 24.3 Å². The molecule has 2 N–H and O–H groups in total. The highest BCUT2D eigenvalue weighted by Gasteiger charge is 2.20. The van der Waals surface area contributed by atoms with Gasteiger partial charge in [0.25, 0.3) is 0 Å². The molecule has 0 amide bonds. The Labute approximate surface area is 126 Å². The Balaban J connectivity index is 2.62. The standard InChI is InChI=1S/C15H16O7/c1-9(7-8-10(2)16)14(19)21-22-15(20)12-6-4-3-5-11(12)13(17)18/h3-6,10,16H,1,7-8H2,2H3,(H,17,18). The van der Waals surface area contributed by atoms with Crippen LogP contribution in [0.4, 0.5) is 0 Å². The van der Waals surface area contributed by atoms with E-state index in [4.69, 9.17) is 10.2 Å². The van der Waals surface area contributed by atoms with E-state index in [2.05, 4.69) is 16.4 Å². The van der Waals surface area contributed by atoms with Gasteiger partial charge < -0.3 is 10.2 Å². The molecule has 0 spiro atoms. The largest absolute Gasteiger partial charge is 0.478 e. The van der Waals surface area contributed by atoms with Crippen molar-refractivity contribution in [3.8, 4) is 0 Å². The Kier molecular flexibility index (Phi) is 6.27. The second-order valence-corrected chi connectivity index (χ2v) is 4.58. The molecule has 0 saturated carbocycles. The van der Waals surface area contributed by atoms with Crippen LogP contribution in [0, 0.1) is 0 Å². The molecular formula is C15H16O7. The molecule has 118 valence electrons. The predicted molar refractivity (Wildman–Crippen MR) is 75.0 cm³/mol. The third-order valence-corrected chi connectivity index (χ3v) is 2.72. The summed E-state index contributed by atoms with van der Waals surface area (Å²) in [7, 11) is 0. The fourth-order valence-corrected chi connectivity index (χ4v) is 1.51. The van der Waals surface area contributed by atoms with Gasteiger partial charge in [0.1, 0.15) is 0 Å². The van der Waals surface area contributed by atoms with Crippen molar-refractivity contribution in [2.75, 3.05) is 0 Å². The number of aromatic carboxylic acids is 1. The third kappa shape index (κ3) is 5.02. The van der Waals surface area contributed by atoms with E-state index < -0.39 is 24.0 Å². The van der Waals surface area contributed by atoms with Gasteiger partial charge in [0.15, 0.2) is 0 Å². The average Bonchev–Trinajstić information content (AvgIpc) is 2.49. The number of hydrogen-bond acceptors (Lipinski definition) is 6. The Morgan fingerprint density at radius 2 is 1.77 bits per heavy atom. The molecule has 0 saturated heterocycles. The summed E-state index contributed by atoms with van der Waals surface area (Å²) in [6.45, 7) is 5.01. The molecule has 1 aromatic carbocycles. The van der Waals surface area contributed by atoms with Gasteiger partial charge in [-0.3, -0.25) is 0 Å². The third-order valence-electron chi connectivity index (χ3n) is 2.72. The molecule has 7 nitrogen and oxygen atoms in total. The molecule has 1 rings (SSSR count). The van der Waals surface area contributed by atoms with Crippen LogP contribution in [0.15, 0.2) is 36.4 Å². The Hall–Kier alpha value is -2.67. The molecule has 0 aliphatic carbocycles.